The monoisotopic (exact) mass is 376 g/mol. The molecule has 0 spiro atoms. The van der Waals surface area contributed by atoms with Crippen molar-refractivity contribution >= 4 is 11.4 Å². The summed E-state index contributed by atoms with van der Waals surface area (Å²) >= 11 is 0. The molecule has 2 heterocycles. The first-order valence-corrected chi connectivity index (χ1v) is 10.2. The van der Waals surface area contributed by atoms with Gasteiger partial charge in [0.1, 0.15) is 12.7 Å². The largest absolute Gasteiger partial charge is 0.385 e. The van der Waals surface area contributed by atoms with E-state index in [2.05, 4.69) is 50.0 Å². The molecule has 6 nitrogen and oxygen atoms in total. The predicted octanol–water partition coefficient (Wildman–Crippen LogP) is 4.44. The van der Waals surface area contributed by atoms with Crippen LogP contribution >= 0.6 is 0 Å². The molecule has 1 aromatic carbocycles. The highest BCUT2D eigenvalue weighted by Crippen LogP contribution is 2.31. The number of aromatic nitrogens is 4. The van der Waals surface area contributed by atoms with Crippen molar-refractivity contribution in [2.45, 2.75) is 38.6 Å². The Morgan fingerprint density at radius 2 is 1.96 bits per heavy atom. The van der Waals surface area contributed by atoms with Crippen molar-refractivity contribution in [3.8, 4) is 11.1 Å². The van der Waals surface area contributed by atoms with Crippen LogP contribution in [0.1, 0.15) is 32.1 Å². The summed E-state index contributed by atoms with van der Waals surface area (Å²) in [6.07, 6.45) is 13.9. The molecule has 0 aliphatic heterocycles. The fourth-order valence-corrected chi connectivity index (χ4v) is 3.88. The molecule has 3 aromatic rings. The number of nitrogens with one attached hydrogen (secondary N) is 2. The number of hydrogen-bond acceptors (Lipinski definition) is 5. The molecule has 0 amide bonds. The average molecular weight is 377 g/mol. The summed E-state index contributed by atoms with van der Waals surface area (Å²) < 4.78 is 1.83. The highest BCUT2D eigenvalue weighted by Gasteiger charge is 2.13. The normalized spacial score (nSPS) is 14.7. The van der Waals surface area contributed by atoms with E-state index in [0.29, 0.717) is 0 Å². The van der Waals surface area contributed by atoms with Gasteiger partial charge in [0, 0.05) is 48.0 Å². The second-order valence-corrected chi connectivity index (χ2v) is 7.47. The van der Waals surface area contributed by atoms with Crippen LogP contribution in [0.2, 0.25) is 0 Å². The second-order valence-electron chi connectivity index (χ2n) is 7.47. The summed E-state index contributed by atoms with van der Waals surface area (Å²) in [6.45, 7) is 2.62. The number of rotatable bonds is 8. The Labute approximate surface area is 166 Å². The van der Waals surface area contributed by atoms with Crippen molar-refractivity contribution in [3.63, 3.8) is 0 Å². The Morgan fingerprint density at radius 1 is 1.04 bits per heavy atom. The lowest BCUT2D eigenvalue weighted by Crippen LogP contribution is -2.17. The minimum absolute atomic E-state index is 0.772. The quantitative estimate of drug-likeness (QED) is 0.608. The molecule has 6 heteroatoms. The summed E-state index contributed by atoms with van der Waals surface area (Å²) in [5, 5.41) is 11.4. The molecule has 0 saturated heterocycles. The van der Waals surface area contributed by atoms with E-state index in [1.165, 1.54) is 43.4 Å². The fraction of sp³-hybridized carbons (Fsp3) is 0.409. The lowest BCUT2D eigenvalue weighted by Gasteiger charge is -2.23. The molecule has 1 aliphatic rings. The fourth-order valence-electron chi connectivity index (χ4n) is 3.88. The molecule has 0 bridgehead atoms. The van der Waals surface area contributed by atoms with Gasteiger partial charge in [-0.3, -0.25) is 9.67 Å². The molecule has 4 rings (SSSR count). The van der Waals surface area contributed by atoms with Gasteiger partial charge in [-0.1, -0.05) is 25.3 Å². The topological polar surface area (TPSA) is 67.7 Å². The van der Waals surface area contributed by atoms with Gasteiger partial charge in [-0.25, -0.2) is 4.98 Å². The van der Waals surface area contributed by atoms with Crippen LogP contribution in [0.3, 0.4) is 0 Å². The van der Waals surface area contributed by atoms with E-state index >= 15 is 0 Å². The van der Waals surface area contributed by atoms with E-state index < -0.39 is 0 Å². The Morgan fingerprint density at radius 3 is 2.75 bits per heavy atom. The third kappa shape index (κ3) is 4.88. The van der Waals surface area contributed by atoms with Gasteiger partial charge in [0.2, 0.25) is 0 Å². The number of pyridine rings is 1. The van der Waals surface area contributed by atoms with Crippen molar-refractivity contribution in [2.75, 3.05) is 23.7 Å². The lowest BCUT2D eigenvalue weighted by molar-refractivity contribution is 0.373. The van der Waals surface area contributed by atoms with E-state index in [9.17, 15) is 0 Å². The molecular weight excluding hydrogens is 348 g/mol. The third-order valence-corrected chi connectivity index (χ3v) is 5.43. The summed E-state index contributed by atoms with van der Waals surface area (Å²) in [5.41, 5.74) is 4.56. The average Bonchev–Trinajstić information content (AvgIpc) is 3.28. The van der Waals surface area contributed by atoms with Crippen molar-refractivity contribution in [1.82, 2.24) is 19.7 Å². The molecule has 0 radical (unpaired) electrons. The van der Waals surface area contributed by atoms with Crippen LogP contribution in [0.4, 0.5) is 11.4 Å². The minimum atomic E-state index is 0.772. The van der Waals surface area contributed by atoms with Gasteiger partial charge in [-0.2, -0.15) is 5.10 Å². The van der Waals surface area contributed by atoms with Gasteiger partial charge in [0.15, 0.2) is 0 Å². The number of anilines is 2. The molecule has 2 N–H and O–H groups in total. The van der Waals surface area contributed by atoms with Crippen LogP contribution in [0, 0.1) is 5.92 Å². The molecule has 0 unspecified atom stereocenters. The van der Waals surface area contributed by atoms with Crippen LogP contribution in [0.15, 0.2) is 55.4 Å². The molecule has 28 heavy (non-hydrogen) atoms. The molecule has 1 aliphatic carbocycles. The van der Waals surface area contributed by atoms with Crippen LogP contribution in [0.25, 0.3) is 11.1 Å². The minimum Gasteiger partial charge on any atom is -0.385 e. The molecule has 146 valence electrons. The molecular formula is C22H28N6. The van der Waals surface area contributed by atoms with Gasteiger partial charge in [0.05, 0.1) is 6.54 Å². The van der Waals surface area contributed by atoms with Crippen molar-refractivity contribution in [3.05, 3.63) is 55.4 Å². The smallest absolute Gasteiger partial charge is 0.137 e. The van der Waals surface area contributed by atoms with E-state index in [-0.39, 0.29) is 0 Å². The maximum absolute atomic E-state index is 4.30. The predicted molar refractivity (Wildman–Crippen MR) is 113 cm³/mol. The second kappa shape index (κ2) is 9.35. The summed E-state index contributed by atoms with van der Waals surface area (Å²) in [6, 6.07) is 10.7. The van der Waals surface area contributed by atoms with Gasteiger partial charge in [-0.15, -0.1) is 0 Å². The molecule has 1 saturated carbocycles. The zero-order chi connectivity index (χ0) is 19.0. The third-order valence-electron chi connectivity index (χ3n) is 5.43. The Kier molecular flexibility index (Phi) is 6.17. The Bertz CT molecular complexity index is 841. The zero-order valence-corrected chi connectivity index (χ0v) is 16.2. The number of nitrogens with zero attached hydrogens (tertiary/aromatic N) is 4. The number of benzene rings is 1. The first kappa shape index (κ1) is 18.5. The molecule has 0 atom stereocenters. The highest BCUT2D eigenvalue weighted by molar-refractivity contribution is 5.80. The SMILES string of the molecule is c1cncc(-c2cc(NCC3CCCCC3)ccc2NCCn2cncn2)c1. The maximum Gasteiger partial charge on any atom is 0.137 e. The first-order chi connectivity index (χ1) is 13.9. The summed E-state index contributed by atoms with van der Waals surface area (Å²) in [5.74, 6) is 0.802. The van der Waals surface area contributed by atoms with Crippen LogP contribution in [-0.4, -0.2) is 32.8 Å². The lowest BCUT2D eigenvalue weighted by atomic mass is 9.89. The first-order valence-electron chi connectivity index (χ1n) is 10.2. The van der Waals surface area contributed by atoms with E-state index in [0.717, 1.165) is 36.8 Å². The zero-order valence-electron chi connectivity index (χ0n) is 16.2. The van der Waals surface area contributed by atoms with Gasteiger partial charge in [0.25, 0.3) is 0 Å². The van der Waals surface area contributed by atoms with Gasteiger partial charge < -0.3 is 10.6 Å². The highest BCUT2D eigenvalue weighted by atomic mass is 15.3. The molecule has 1 fully saturated rings. The van der Waals surface area contributed by atoms with E-state index in [1.807, 2.05) is 23.1 Å². The van der Waals surface area contributed by atoms with Crippen molar-refractivity contribution < 1.29 is 0 Å². The van der Waals surface area contributed by atoms with Gasteiger partial charge in [-0.05, 0) is 43.0 Å². The molecule has 2 aromatic heterocycles. The maximum atomic E-state index is 4.30. The van der Waals surface area contributed by atoms with Crippen LogP contribution in [0.5, 0.6) is 0 Å². The summed E-state index contributed by atoms with van der Waals surface area (Å²) in [4.78, 5) is 8.29. The van der Waals surface area contributed by atoms with Gasteiger partial charge >= 0.3 is 0 Å². The van der Waals surface area contributed by atoms with E-state index in [1.54, 1.807) is 12.7 Å². The Hall–Kier alpha value is -2.89. The van der Waals surface area contributed by atoms with Crippen molar-refractivity contribution in [2.24, 2.45) is 5.92 Å². The number of hydrogen-bond donors (Lipinski definition) is 2. The Balaban J connectivity index is 1.46. The standard InChI is InChI=1S/C22H28N6/c1-2-5-18(6-3-1)14-26-20-8-9-22(25-11-12-28-17-24-16-27-28)21(13-20)19-7-4-10-23-15-19/h4,7-10,13,15-18,25-26H,1-3,5-6,11-12,14H2. The van der Waals surface area contributed by atoms with Crippen molar-refractivity contribution in [1.29, 1.82) is 0 Å². The summed E-state index contributed by atoms with van der Waals surface area (Å²) in [7, 11) is 0. The van der Waals surface area contributed by atoms with Crippen LogP contribution in [-0.2, 0) is 6.54 Å². The van der Waals surface area contributed by atoms with Crippen LogP contribution < -0.4 is 10.6 Å². The van der Waals surface area contributed by atoms with E-state index in [4.69, 9.17) is 0 Å².